The highest BCUT2D eigenvalue weighted by atomic mass is 35.5. The van der Waals surface area contributed by atoms with E-state index in [9.17, 15) is 5.26 Å². The van der Waals surface area contributed by atoms with Crippen LogP contribution in [0.5, 0.6) is 5.75 Å². The number of pyridine rings is 1. The zero-order valence-electron chi connectivity index (χ0n) is 19.5. The van der Waals surface area contributed by atoms with Crippen LogP contribution < -0.4 is 14.8 Å². The number of rotatable bonds is 5. The molecule has 1 aromatic heterocycles. The van der Waals surface area contributed by atoms with Gasteiger partial charge in [0.1, 0.15) is 22.8 Å². The molecule has 176 valence electrons. The van der Waals surface area contributed by atoms with E-state index in [1.54, 1.807) is 12.1 Å². The van der Waals surface area contributed by atoms with Crippen LogP contribution in [-0.4, -0.2) is 13.3 Å². The van der Waals surface area contributed by atoms with Gasteiger partial charge < -0.3 is 4.43 Å². The third kappa shape index (κ3) is 4.58. The zero-order chi connectivity index (χ0) is 25.2. The normalized spacial score (nSPS) is 11.7. The van der Waals surface area contributed by atoms with Crippen molar-refractivity contribution in [1.82, 2.24) is 4.98 Å². The van der Waals surface area contributed by atoms with Gasteiger partial charge in [-0.2, -0.15) is 5.26 Å². The van der Waals surface area contributed by atoms with Gasteiger partial charge in [0.15, 0.2) is 0 Å². The minimum atomic E-state index is -3.05. The highest BCUT2D eigenvalue weighted by Gasteiger charge is 2.52. The predicted molar refractivity (Wildman–Crippen MR) is 143 cm³/mol. The average molecular weight is 521 g/mol. The summed E-state index contributed by atoms with van der Waals surface area (Å²) in [6.45, 7) is 6.42. The highest BCUT2D eigenvalue weighted by Crippen LogP contribution is 2.42. The minimum Gasteiger partial charge on any atom is -0.533 e. The summed E-state index contributed by atoms with van der Waals surface area (Å²) < 4.78 is 22.5. The zero-order valence-corrected chi connectivity index (χ0v) is 22.0. The fourth-order valence-electron chi connectivity index (χ4n) is 4.35. The van der Waals surface area contributed by atoms with Gasteiger partial charge in [-0.05, 0) is 33.6 Å². The highest BCUT2D eigenvalue weighted by molar-refractivity contribution is 7.00. The number of aromatic nitrogens is 1. The first-order valence-corrected chi connectivity index (χ1v) is 13.7. The van der Waals surface area contributed by atoms with Gasteiger partial charge in [-0.3, -0.25) is 0 Å². The maximum atomic E-state index is 15.4. The summed E-state index contributed by atoms with van der Waals surface area (Å²) in [5, 5.41) is 11.1. The summed E-state index contributed by atoms with van der Waals surface area (Å²) in [5.74, 6) is -0.231. The molecule has 0 saturated heterocycles. The topological polar surface area (TPSA) is 45.9 Å². The smallest absolute Gasteiger partial charge is 0.319 e. The Bertz CT molecular complexity index is 1360. The summed E-state index contributed by atoms with van der Waals surface area (Å²) in [4.78, 5) is 4.28. The SMILES string of the molecule is CC(C)(C)[Si](Oc1cccc(F)c1-c1nc(Cl)c(C#N)cc1Cl)(c1ccccc1)c1ccccc1. The molecule has 0 bridgehead atoms. The molecule has 0 N–H and O–H groups in total. The fourth-order valence-corrected chi connectivity index (χ4v) is 9.21. The molecule has 1 heterocycles. The second-order valence-corrected chi connectivity index (χ2v) is 14.1. The average Bonchev–Trinajstić information content (AvgIpc) is 2.84. The molecule has 0 spiro atoms. The largest absolute Gasteiger partial charge is 0.533 e. The molecule has 35 heavy (non-hydrogen) atoms. The Morgan fingerprint density at radius 3 is 1.97 bits per heavy atom. The number of benzene rings is 3. The van der Waals surface area contributed by atoms with Gasteiger partial charge in [-0.25, -0.2) is 9.37 Å². The minimum absolute atomic E-state index is 0.0495. The van der Waals surface area contributed by atoms with E-state index in [4.69, 9.17) is 27.6 Å². The van der Waals surface area contributed by atoms with Crippen LogP contribution in [0.1, 0.15) is 26.3 Å². The third-order valence-electron chi connectivity index (χ3n) is 5.94. The standard InChI is InChI=1S/C28H23Cl2FN2OSi/c1-28(2,3)35(20-11-6-4-7-12-20,21-13-8-5-9-14-21)34-24-16-10-15-23(31)25(24)26-22(29)17-19(18-32)27(30)33-26/h4-17H,1-3H3. The summed E-state index contributed by atoms with van der Waals surface area (Å²) >= 11 is 12.7. The van der Waals surface area contributed by atoms with E-state index in [1.807, 2.05) is 42.5 Å². The van der Waals surface area contributed by atoms with Crippen LogP contribution in [0.4, 0.5) is 4.39 Å². The molecule has 0 atom stereocenters. The number of hydrogen-bond acceptors (Lipinski definition) is 3. The Morgan fingerprint density at radius 2 is 1.46 bits per heavy atom. The third-order valence-corrected chi connectivity index (χ3v) is 11.4. The molecule has 0 fully saturated rings. The van der Waals surface area contributed by atoms with Gasteiger partial charge >= 0.3 is 8.32 Å². The van der Waals surface area contributed by atoms with Crippen molar-refractivity contribution in [2.24, 2.45) is 0 Å². The van der Waals surface area contributed by atoms with Gasteiger partial charge in [0.05, 0.1) is 21.8 Å². The van der Waals surface area contributed by atoms with E-state index in [0.29, 0.717) is 5.75 Å². The van der Waals surface area contributed by atoms with Gasteiger partial charge in [-0.1, -0.05) is 111 Å². The molecule has 4 rings (SSSR count). The molecule has 0 aliphatic heterocycles. The van der Waals surface area contributed by atoms with Crippen molar-refractivity contribution in [1.29, 1.82) is 5.26 Å². The second-order valence-electron chi connectivity index (χ2n) is 9.15. The van der Waals surface area contributed by atoms with Crippen molar-refractivity contribution in [2.45, 2.75) is 25.8 Å². The lowest BCUT2D eigenvalue weighted by atomic mass is 10.1. The van der Waals surface area contributed by atoms with Gasteiger partial charge in [0.2, 0.25) is 0 Å². The van der Waals surface area contributed by atoms with Crippen LogP contribution in [0.3, 0.4) is 0 Å². The molecule has 3 nitrogen and oxygen atoms in total. The van der Waals surface area contributed by atoms with Gasteiger partial charge in [-0.15, -0.1) is 0 Å². The molecular formula is C28H23Cl2FN2OSi. The number of nitrogens with zero attached hydrogens (tertiary/aromatic N) is 2. The van der Waals surface area contributed by atoms with Crippen LogP contribution in [-0.2, 0) is 0 Å². The summed E-state index contributed by atoms with van der Waals surface area (Å²) in [6, 6.07) is 28.1. The first-order valence-electron chi connectivity index (χ1n) is 11.0. The number of halogens is 3. The monoisotopic (exact) mass is 520 g/mol. The Kier molecular flexibility index (Phi) is 7.00. The summed E-state index contributed by atoms with van der Waals surface area (Å²) in [7, 11) is -3.05. The molecule has 0 aliphatic carbocycles. The van der Waals surface area contributed by atoms with Crippen molar-refractivity contribution < 1.29 is 8.82 Å². The lowest BCUT2D eigenvalue weighted by Gasteiger charge is -2.43. The lowest BCUT2D eigenvalue weighted by molar-refractivity contribution is 0.504. The molecule has 4 aromatic rings. The van der Waals surface area contributed by atoms with Crippen molar-refractivity contribution in [2.75, 3.05) is 0 Å². The van der Waals surface area contributed by atoms with Crippen molar-refractivity contribution in [3.63, 3.8) is 0 Å². The Morgan fingerprint density at radius 1 is 0.886 bits per heavy atom. The van der Waals surface area contributed by atoms with E-state index in [0.717, 1.165) is 10.4 Å². The molecule has 0 aliphatic rings. The van der Waals surface area contributed by atoms with E-state index in [-0.39, 0.29) is 32.0 Å². The summed E-state index contributed by atoms with van der Waals surface area (Å²) in [5.41, 5.74) is 0.352. The van der Waals surface area contributed by atoms with E-state index < -0.39 is 14.1 Å². The van der Waals surface area contributed by atoms with Crippen molar-refractivity contribution in [3.05, 3.63) is 106 Å². The van der Waals surface area contributed by atoms with Crippen LogP contribution >= 0.6 is 23.2 Å². The van der Waals surface area contributed by atoms with Gasteiger partial charge in [0, 0.05) is 0 Å². The number of hydrogen-bond donors (Lipinski definition) is 0. The first-order chi connectivity index (χ1) is 16.7. The van der Waals surface area contributed by atoms with E-state index >= 15 is 4.39 Å². The maximum absolute atomic E-state index is 15.4. The Labute approximate surface area is 215 Å². The van der Waals surface area contributed by atoms with Crippen LogP contribution in [0.25, 0.3) is 11.3 Å². The van der Waals surface area contributed by atoms with E-state index in [2.05, 4.69) is 50.0 Å². The summed E-state index contributed by atoms with van der Waals surface area (Å²) in [6.07, 6.45) is 0. The van der Waals surface area contributed by atoms with Crippen LogP contribution in [0, 0.1) is 17.1 Å². The van der Waals surface area contributed by atoms with Crippen LogP contribution in [0.2, 0.25) is 15.2 Å². The van der Waals surface area contributed by atoms with E-state index in [1.165, 1.54) is 12.1 Å². The molecule has 0 amide bonds. The molecular weight excluding hydrogens is 498 g/mol. The maximum Gasteiger partial charge on any atom is 0.319 e. The molecule has 3 aromatic carbocycles. The molecule has 0 radical (unpaired) electrons. The Hall–Kier alpha value is -3.17. The molecule has 0 saturated carbocycles. The van der Waals surface area contributed by atoms with Crippen molar-refractivity contribution >= 4 is 41.9 Å². The predicted octanol–water partition coefficient (Wildman–Crippen LogP) is 7.00. The second kappa shape index (κ2) is 9.83. The van der Waals surface area contributed by atoms with Crippen molar-refractivity contribution in [3.8, 4) is 23.1 Å². The molecule has 7 heteroatoms. The quantitative estimate of drug-likeness (QED) is 0.210. The number of nitriles is 1. The fraction of sp³-hybridized carbons (Fsp3) is 0.143. The van der Waals surface area contributed by atoms with Gasteiger partial charge in [0.25, 0.3) is 0 Å². The first kappa shape index (κ1) is 24.9. The molecule has 0 unspecified atom stereocenters. The Balaban J connectivity index is 2.02. The lowest BCUT2D eigenvalue weighted by Crippen LogP contribution is -2.68. The van der Waals surface area contributed by atoms with Crippen LogP contribution in [0.15, 0.2) is 84.9 Å².